The van der Waals surface area contributed by atoms with E-state index in [0.717, 1.165) is 38.3 Å². The number of pyridine rings is 1. The van der Waals surface area contributed by atoms with Crippen molar-refractivity contribution in [3.63, 3.8) is 0 Å². The van der Waals surface area contributed by atoms with Gasteiger partial charge in [-0.25, -0.2) is 4.79 Å². The van der Waals surface area contributed by atoms with Gasteiger partial charge in [-0.1, -0.05) is 13.3 Å². The smallest absolute Gasteiger partial charge is 0.317 e. The van der Waals surface area contributed by atoms with Crippen LogP contribution in [0.4, 0.5) is 4.79 Å². The number of hydrogen-bond donors (Lipinski definition) is 1. The molecule has 0 aliphatic carbocycles. The number of unbranched alkanes of at least 4 members (excludes halogenated alkanes) is 1. The van der Waals surface area contributed by atoms with Crippen LogP contribution >= 0.6 is 0 Å². The number of hydrogen-bond acceptors (Lipinski definition) is 3. The third kappa shape index (κ3) is 4.49. The zero-order valence-electron chi connectivity index (χ0n) is 12.2. The van der Waals surface area contributed by atoms with Crippen LogP contribution in [-0.2, 0) is 6.54 Å². The van der Waals surface area contributed by atoms with Crippen LogP contribution in [-0.4, -0.2) is 53.5 Å². The minimum absolute atomic E-state index is 0.0388. The lowest BCUT2D eigenvalue weighted by Gasteiger charge is -2.34. The SMILES string of the molecule is CCCCN1CCN(C(=O)NCc2ccncc2)CC1. The standard InChI is InChI=1S/C15H24N4O/c1-2-3-8-18-9-11-19(12-10-18)15(20)17-13-14-4-6-16-7-5-14/h4-7H,2-3,8-13H2,1H3,(H,17,20). The maximum Gasteiger partial charge on any atom is 0.317 e. The number of carbonyl (C=O) groups is 1. The number of piperazine rings is 1. The van der Waals surface area contributed by atoms with E-state index in [0.29, 0.717) is 6.54 Å². The summed E-state index contributed by atoms with van der Waals surface area (Å²) >= 11 is 0. The van der Waals surface area contributed by atoms with Gasteiger partial charge in [0, 0.05) is 45.1 Å². The summed E-state index contributed by atoms with van der Waals surface area (Å²) in [5.74, 6) is 0. The molecular weight excluding hydrogens is 252 g/mol. The second kappa shape index (κ2) is 7.85. The average Bonchev–Trinajstić information content (AvgIpc) is 2.52. The number of nitrogens with one attached hydrogen (secondary N) is 1. The van der Waals surface area contributed by atoms with Crippen LogP contribution in [0.25, 0.3) is 0 Å². The Labute approximate surface area is 121 Å². The van der Waals surface area contributed by atoms with Crippen molar-refractivity contribution in [3.05, 3.63) is 30.1 Å². The van der Waals surface area contributed by atoms with Crippen molar-refractivity contribution >= 4 is 6.03 Å². The van der Waals surface area contributed by atoms with E-state index in [9.17, 15) is 4.79 Å². The van der Waals surface area contributed by atoms with Crippen LogP contribution in [0.3, 0.4) is 0 Å². The Morgan fingerprint density at radius 3 is 2.60 bits per heavy atom. The van der Waals surface area contributed by atoms with Crippen LogP contribution in [0.2, 0.25) is 0 Å². The Morgan fingerprint density at radius 1 is 1.25 bits per heavy atom. The van der Waals surface area contributed by atoms with Gasteiger partial charge in [0.05, 0.1) is 0 Å². The van der Waals surface area contributed by atoms with Crippen molar-refractivity contribution in [2.75, 3.05) is 32.7 Å². The predicted octanol–water partition coefficient (Wildman–Crippen LogP) is 1.71. The van der Waals surface area contributed by atoms with Crippen molar-refractivity contribution < 1.29 is 4.79 Å². The molecule has 1 aliphatic heterocycles. The molecule has 1 aromatic heterocycles. The lowest BCUT2D eigenvalue weighted by Crippen LogP contribution is -2.51. The Bertz CT molecular complexity index is 402. The van der Waals surface area contributed by atoms with Gasteiger partial charge in [-0.2, -0.15) is 0 Å². The van der Waals surface area contributed by atoms with Crippen molar-refractivity contribution in [2.24, 2.45) is 0 Å². The van der Waals surface area contributed by atoms with Crippen molar-refractivity contribution in [1.29, 1.82) is 0 Å². The molecule has 1 aliphatic rings. The molecule has 5 heteroatoms. The number of amides is 2. The fraction of sp³-hybridized carbons (Fsp3) is 0.600. The molecule has 0 unspecified atom stereocenters. The quantitative estimate of drug-likeness (QED) is 0.890. The molecule has 0 aromatic carbocycles. The van der Waals surface area contributed by atoms with Crippen LogP contribution in [0, 0.1) is 0 Å². The van der Waals surface area contributed by atoms with Gasteiger partial charge in [-0.15, -0.1) is 0 Å². The monoisotopic (exact) mass is 276 g/mol. The Hall–Kier alpha value is -1.62. The summed E-state index contributed by atoms with van der Waals surface area (Å²) in [5, 5.41) is 2.97. The van der Waals surface area contributed by atoms with Crippen LogP contribution in [0.5, 0.6) is 0 Å². The van der Waals surface area contributed by atoms with E-state index in [4.69, 9.17) is 0 Å². The van der Waals surface area contributed by atoms with E-state index in [1.54, 1.807) is 12.4 Å². The first-order valence-electron chi connectivity index (χ1n) is 7.43. The first-order chi connectivity index (χ1) is 9.79. The Balaban J connectivity index is 1.69. The molecule has 0 atom stereocenters. The van der Waals surface area contributed by atoms with E-state index in [-0.39, 0.29) is 6.03 Å². The molecule has 1 saturated heterocycles. The van der Waals surface area contributed by atoms with Crippen molar-refractivity contribution in [1.82, 2.24) is 20.1 Å². The summed E-state index contributed by atoms with van der Waals surface area (Å²) in [6.45, 7) is 7.56. The molecule has 110 valence electrons. The largest absolute Gasteiger partial charge is 0.334 e. The van der Waals surface area contributed by atoms with Crippen LogP contribution in [0.15, 0.2) is 24.5 Å². The summed E-state index contributed by atoms with van der Waals surface area (Å²) in [6.07, 6.45) is 5.96. The lowest BCUT2D eigenvalue weighted by atomic mass is 10.2. The number of rotatable bonds is 5. The molecule has 20 heavy (non-hydrogen) atoms. The van der Waals surface area contributed by atoms with Gasteiger partial charge in [-0.3, -0.25) is 9.88 Å². The highest BCUT2D eigenvalue weighted by Crippen LogP contribution is 2.04. The number of aromatic nitrogens is 1. The molecule has 0 saturated carbocycles. The molecule has 0 radical (unpaired) electrons. The van der Waals surface area contributed by atoms with E-state index < -0.39 is 0 Å². The number of carbonyl (C=O) groups excluding carboxylic acids is 1. The minimum atomic E-state index is 0.0388. The zero-order valence-corrected chi connectivity index (χ0v) is 12.2. The molecule has 1 fully saturated rings. The maximum absolute atomic E-state index is 12.1. The van der Waals surface area contributed by atoms with Gasteiger partial charge < -0.3 is 10.2 Å². The molecule has 0 bridgehead atoms. The molecule has 2 rings (SSSR count). The first-order valence-corrected chi connectivity index (χ1v) is 7.43. The molecule has 2 amide bonds. The van der Waals surface area contributed by atoms with Crippen LogP contribution in [0.1, 0.15) is 25.3 Å². The van der Waals surface area contributed by atoms with Gasteiger partial charge in [0.2, 0.25) is 0 Å². The Morgan fingerprint density at radius 2 is 1.95 bits per heavy atom. The first kappa shape index (κ1) is 14.8. The number of nitrogens with zero attached hydrogens (tertiary/aromatic N) is 3. The molecule has 1 aromatic rings. The molecule has 0 spiro atoms. The summed E-state index contributed by atoms with van der Waals surface area (Å²) in [4.78, 5) is 20.4. The predicted molar refractivity (Wildman–Crippen MR) is 79.4 cm³/mol. The van der Waals surface area contributed by atoms with Gasteiger partial charge in [0.1, 0.15) is 0 Å². The number of urea groups is 1. The van der Waals surface area contributed by atoms with E-state index in [1.165, 1.54) is 12.8 Å². The molecule has 1 N–H and O–H groups in total. The van der Waals surface area contributed by atoms with Crippen molar-refractivity contribution in [2.45, 2.75) is 26.3 Å². The molecular formula is C15H24N4O. The Kier molecular flexibility index (Phi) is 5.80. The highest BCUT2D eigenvalue weighted by molar-refractivity contribution is 5.74. The van der Waals surface area contributed by atoms with Crippen LogP contribution < -0.4 is 5.32 Å². The minimum Gasteiger partial charge on any atom is -0.334 e. The lowest BCUT2D eigenvalue weighted by molar-refractivity contribution is 0.138. The average molecular weight is 276 g/mol. The summed E-state index contributed by atoms with van der Waals surface area (Å²) in [6, 6.07) is 3.88. The van der Waals surface area contributed by atoms with Gasteiger partial charge >= 0.3 is 6.03 Å². The highest BCUT2D eigenvalue weighted by atomic mass is 16.2. The second-order valence-electron chi connectivity index (χ2n) is 5.20. The third-order valence-electron chi connectivity index (χ3n) is 3.68. The molecule has 5 nitrogen and oxygen atoms in total. The summed E-state index contributed by atoms with van der Waals surface area (Å²) in [5.41, 5.74) is 1.08. The van der Waals surface area contributed by atoms with E-state index >= 15 is 0 Å². The highest BCUT2D eigenvalue weighted by Gasteiger charge is 2.20. The third-order valence-corrected chi connectivity index (χ3v) is 3.68. The zero-order chi connectivity index (χ0) is 14.2. The summed E-state index contributed by atoms with van der Waals surface area (Å²) < 4.78 is 0. The normalized spacial score (nSPS) is 16.1. The van der Waals surface area contributed by atoms with Gasteiger partial charge in [0.15, 0.2) is 0 Å². The van der Waals surface area contributed by atoms with Gasteiger partial charge in [0.25, 0.3) is 0 Å². The fourth-order valence-corrected chi connectivity index (χ4v) is 2.35. The van der Waals surface area contributed by atoms with E-state index in [2.05, 4.69) is 22.1 Å². The topological polar surface area (TPSA) is 48.5 Å². The van der Waals surface area contributed by atoms with Crippen molar-refractivity contribution in [3.8, 4) is 0 Å². The second-order valence-corrected chi connectivity index (χ2v) is 5.20. The van der Waals surface area contributed by atoms with E-state index in [1.807, 2.05) is 17.0 Å². The molecule has 2 heterocycles. The maximum atomic E-state index is 12.1. The van der Waals surface area contributed by atoms with Gasteiger partial charge in [-0.05, 0) is 30.7 Å². The summed E-state index contributed by atoms with van der Waals surface area (Å²) in [7, 11) is 0. The fourth-order valence-electron chi connectivity index (χ4n) is 2.35.